The normalized spacial score (nSPS) is 10.6. The summed E-state index contributed by atoms with van der Waals surface area (Å²) in [5, 5.41) is 0. The molecule has 0 aliphatic heterocycles. The van der Waals surface area contributed by atoms with E-state index in [2.05, 4.69) is 20.8 Å². The summed E-state index contributed by atoms with van der Waals surface area (Å²) in [6.07, 6.45) is 10.6. The van der Waals surface area contributed by atoms with Crippen LogP contribution < -0.4 is 14.2 Å². The van der Waals surface area contributed by atoms with Crippen LogP contribution in [0.4, 0.5) is 0 Å². The van der Waals surface area contributed by atoms with Gasteiger partial charge in [0.15, 0.2) is 11.5 Å². The van der Waals surface area contributed by atoms with Crippen LogP contribution in [0.15, 0.2) is 18.2 Å². The maximum atomic E-state index is 12.3. The summed E-state index contributed by atoms with van der Waals surface area (Å²) in [6, 6.07) is 5.14. The van der Waals surface area contributed by atoms with Gasteiger partial charge >= 0.3 is 11.9 Å². The maximum Gasteiger partial charge on any atom is 0.311 e. The molecule has 0 spiro atoms. The van der Waals surface area contributed by atoms with Crippen LogP contribution in [-0.4, -0.2) is 18.5 Å². The van der Waals surface area contributed by atoms with Crippen LogP contribution in [0.1, 0.15) is 97.8 Å². The van der Waals surface area contributed by atoms with Crippen LogP contribution in [0.2, 0.25) is 0 Å². The second-order valence-electron chi connectivity index (χ2n) is 7.35. The number of carbonyl (C=O) groups is 2. The Morgan fingerprint density at radius 3 is 1.83 bits per heavy atom. The largest absolute Gasteiger partial charge is 0.490 e. The summed E-state index contributed by atoms with van der Waals surface area (Å²) in [4.78, 5) is 24.5. The van der Waals surface area contributed by atoms with Crippen molar-refractivity contribution in [1.29, 1.82) is 0 Å². The molecule has 29 heavy (non-hydrogen) atoms. The SMILES string of the molecule is CCCCCCC(=O)Oc1cccc(OCCCC)c1OC(=O)CCCCCC. The number of carbonyl (C=O) groups excluding carboxylic acids is 2. The van der Waals surface area contributed by atoms with Gasteiger partial charge in [-0.2, -0.15) is 0 Å². The van der Waals surface area contributed by atoms with Crippen molar-refractivity contribution in [3.63, 3.8) is 0 Å². The minimum Gasteiger partial charge on any atom is -0.490 e. The first kappa shape index (κ1) is 25.0. The van der Waals surface area contributed by atoms with Crippen molar-refractivity contribution in [1.82, 2.24) is 0 Å². The van der Waals surface area contributed by atoms with E-state index < -0.39 is 0 Å². The van der Waals surface area contributed by atoms with Gasteiger partial charge in [0.05, 0.1) is 6.61 Å². The molecule has 0 radical (unpaired) electrons. The van der Waals surface area contributed by atoms with Crippen molar-refractivity contribution in [3.8, 4) is 17.2 Å². The maximum absolute atomic E-state index is 12.3. The van der Waals surface area contributed by atoms with Crippen molar-refractivity contribution in [2.45, 2.75) is 97.8 Å². The Morgan fingerprint density at radius 2 is 1.24 bits per heavy atom. The second kappa shape index (κ2) is 15.8. The molecule has 0 fully saturated rings. The molecule has 1 aromatic carbocycles. The molecule has 0 heterocycles. The zero-order chi connectivity index (χ0) is 21.3. The highest BCUT2D eigenvalue weighted by molar-refractivity contribution is 5.77. The Labute approximate surface area is 176 Å². The number of hydrogen-bond acceptors (Lipinski definition) is 5. The predicted molar refractivity (Wildman–Crippen MR) is 116 cm³/mol. The molecular weight excluding hydrogens is 368 g/mol. The van der Waals surface area contributed by atoms with Gasteiger partial charge in [0, 0.05) is 12.8 Å². The van der Waals surface area contributed by atoms with Gasteiger partial charge in [-0.05, 0) is 31.4 Å². The van der Waals surface area contributed by atoms with Gasteiger partial charge in [-0.25, -0.2) is 0 Å². The molecule has 5 heteroatoms. The molecule has 0 aromatic heterocycles. The lowest BCUT2D eigenvalue weighted by atomic mass is 10.1. The highest BCUT2D eigenvalue weighted by atomic mass is 16.6. The standard InChI is InChI=1S/C24H38O5/c1-4-7-10-12-17-22(25)28-21-16-14-15-20(27-19-9-6-3)24(21)29-23(26)18-13-11-8-5-2/h14-16H,4-13,17-19H2,1-3H3. The summed E-state index contributed by atoms with van der Waals surface area (Å²) >= 11 is 0. The lowest BCUT2D eigenvalue weighted by Gasteiger charge is -2.15. The fourth-order valence-electron chi connectivity index (χ4n) is 2.85. The lowest BCUT2D eigenvalue weighted by Crippen LogP contribution is -2.13. The molecule has 0 unspecified atom stereocenters. The van der Waals surface area contributed by atoms with E-state index in [1.807, 2.05) is 0 Å². The van der Waals surface area contributed by atoms with Gasteiger partial charge in [0.25, 0.3) is 0 Å². The van der Waals surface area contributed by atoms with Crippen LogP contribution in [0.3, 0.4) is 0 Å². The summed E-state index contributed by atoms with van der Waals surface area (Å²) < 4.78 is 16.9. The Bertz CT molecular complexity index is 597. The summed E-state index contributed by atoms with van der Waals surface area (Å²) in [6.45, 7) is 6.86. The minimum absolute atomic E-state index is 0.214. The van der Waals surface area contributed by atoms with Gasteiger partial charge in [-0.3, -0.25) is 9.59 Å². The zero-order valence-electron chi connectivity index (χ0n) is 18.5. The second-order valence-corrected chi connectivity index (χ2v) is 7.35. The molecule has 1 rings (SSSR count). The van der Waals surface area contributed by atoms with Crippen molar-refractivity contribution in [3.05, 3.63) is 18.2 Å². The topological polar surface area (TPSA) is 61.8 Å². The molecule has 0 aliphatic carbocycles. The fourth-order valence-corrected chi connectivity index (χ4v) is 2.85. The van der Waals surface area contributed by atoms with Crippen LogP contribution in [0.5, 0.6) is 17.2 Å². The van der Waals surface area contributed by atoms with Crippen molar-refractivity contribution >= 4 is 11.9 Å². The molecule has 0 N–H and O–H groups in total. The first-order valence-corrected chi connectivity index (χ1v) is 11.3. The fraction of sp³-hybridized carbons (Fsp3) is 0.667. The molecule has 5 nitrogen and oxygen atoms in total. The first-order chi connectivity index (χ1) is 14.1. The van der Waals surface area contributed by atoms with E-state index in [1.54, 1.807) is 18.2 Å². The minimum atomic E-state index is -0.326. The molecule has 0 saturated heterocycles. The van der Waals surface area contributed by atoms with Gasteiger partial charge < -0.3 is 14.2 Å². The third-order valence-corrected chi connectivity index (χ3v) is 4.61. The quantitative estimate of drug-likeness (QED) is 0.175. The Balaban J connectivity index is 2.80. The van der Waals surface area contributed by atoms with Gasteiger partial charge in [-0.1, -0.05) is 71.8 Å². The van der Waals surface area contributed by atoms with Crippen molar-refractivity contribution in [2.75, 3.05) is 6.61 Å². The number of rotatable bonds is 16. The van der Waals surface area contributed by atoms with E-state index in [0.717, 1.165) is 64.2 Å². The van der Waals surface area contributed by atoms with Crippen LogP contribution in [0.25, 0.3) is 0 Å². The highest BCUT2D eigenvalue weighted by Gasteiger charge is 2.19. The van der Waals surface area contributed by atoms with Crippen molar-refractivity contribution < 1.29 is 23.8 Å². The molecule has 0 amide bonds. The molecule has 164 valence electrons. The molecular formula is C24H38O5. The Kier molecular flexibility index (Phi) is 13.6. The number of unbranched alkanes of at least 4 members (excludes halogenated alkanes) is 7. The summed E-state index contributed by atoms with van der Waals surface area (Å²) in [5.74, 6) is 0.268. The molecule has 0 bridgehead atoms. The zero-order valence-corrected chi connectivity index (χ0v) is 18.5. The number of para-hydroxylation sites is 1. The van der Waals surface area contributed by atoms with Crippen LogP contribution in [0, 0.1) is 0 Å². The van der Waals surface area contributed by atoms with E-state index in [-0.39, 0.29) is 23.4 Å². The monoisotopic (exact) mass is 406 g/mol. The van der Waals surface area contributed by atoms with E-state index in [4.69, 9.17) is 14.2 Å². The Morgan fingerprint density at radius 1 is 0.690 bits per heavy atom. The molecule has 0 atom stereocenters. The van der Waals surface area contributed by atoms with Crippen LogP contribution >= 0.6 is 0 Å². The Hall–Kier alpha value is -2.04. The number of esters is 2. The molecule has 0 saturated carbocycles. The molecule has 1 aromatic rings. The first-order valence-electron chi connectivity index (χ1n) is 11.3. The third-order valence-electron chi connectivity index (χ3n) is 4.61. The van der Waals surface area contributed by atoms with Crippen LogP contribution in [-0.2, 0) is 9.59 Å². The third kappa shape index (κ3) is 10.9. The van der Waals surface area contributed by atoms with Gasteiger partial charge in [0.1, 0.15) is 0 Å². The highest BCUT2D eigenvalue weighted by Crippen LogP contribution is 2.38. The predicted octanol–water partition coefficient (Wildman–Crippen LogP) is 6.62. The summed E-state index contributed by atoms with van der Waals surface area (Å²) in [5.41, 5.74) is 0. The number of hydrogen-bond donors (Lipinski definition) is 0. The molecule has 0 aliphatic rings. The summed E-state index contributed by atoms with van der Waals surface area (Å²) in [7, 11) is 0. The van der Waals surface area contributed by atoms with E-state index in [0.29, 0.717) is 25.2 Å². The van der Waals surface area contributed by atoms with E-state index in [9.17, 15) is 9.59 Å². The van der Waals surface area contributed by atoms with Gasteiger partial charge in [-0.15, -0.1) is 0 Å². The average Bonchev–Trinajstić information content (AvgIpc) is 2.71. The van der Waals surface area contributed by atoms with E-state index in [1.165, 1.54) is 0 Å². The number of benzene rings is 1. The smallest absolute Gasteiger partial charge is 0.311 e. The lowest BCUT2D eigenvalue weighted by molar-refractivity contribution is -0.137. The number of ether oxygens (including phenoxy) is 3. The van der Waals surface area contributed by atoms with Gasteiger partial charge in [0.2, 0.25) is 5.75 Å². The average molecular weight is 407 g/mol. The van der Waals surface area contributed by atoms with Crippen molar-refractivity contribution in [2.24, 2.45) is 0 Å². The van der Waals surface area contributed by atoms with E-state index >= 15 is 0 Å².